The van der Waals surface area contributed by atoms with E-state index in [4.69, 9.17) is 9.31 Å². The average molecular weight is 388 g/mol. The van der Waals surface area contributed by atoms with Crippen molar-refractivity contribution in [1.29, 1.82) is 0 Å². The van der Waals surface area contributed by atoms with Crippen LogP contribution >= 0.6 is 0 Å². The lowest BCUT2D eigenvalue weighted by atomic mass is 9.78. The fraction of sp³-hybridized carbons (Fsp3) is 0.667. The van der Waals surface area contributed by atoms with Gasteiger partial charge in [-0.25, -0.2) is 4.39 Å². The molecule has 3 heterocycles. The summed E-state index contributed by atoms with van der Waals surface area (Å²) in [4.78, 5) is 16.1. The van der Waals surface area contributed by atoms with Crippen molar-refractivity contribution in [3.05, 3.63) is 24.0 Å². The van der Waals surface area contributed by atoms with Crippen molar-refractivity contribution in [2.75, 3.05) is 24.5 Å². The van der Waals surface area contributed by atoms with Crippen LogP contribution in [0.25, 0.3) is 0 Å². The topological polar surface area (TPSA) is 42.0 Å². The third kappa shape index (κ3) is 3.33. The van der Waals surface area contributed by atoms with E-state index in [0.717, 1.165) is 38.9 Å². The lowest BCUT2D eigenvalue weighted by Crippen LogP contribution is -2.46. The Labute approximate surface area is 167 Å². The quantitative estimate of drug-likeness (QED) is 0.747. The van der Waals surface area contributed by atoms with Crippen LogP contribution in [0.2, 0.25) is 0 Å². The van der Waals surface area contributed by atoms with Crippen LogP contribution < -0.4 is 10.4 Å². The minimum absolute atomic E-state index is 0.267. The third-order valence-electron chi connectivity index (χ3n) is 6.87. The maximum atomic E-state index is 15.4. The molecule has 0 saturated carbocycles. The first-order valence-electron chi connectivity index (χ1n) is 10.4. The average Bonchev–Trinajstić information content (AvgIpc) is 3.15. The summed E-state index contributed by atoms with van der Waals surface area (Å²) in [6, 6.07) is 5.73. The van der Waals surface area contributed by atoms with Crippen molar-refractivity contribution < 1.29 is 18.5 Å². The minimum atomic E-state index is -0.704. The van der Waals surface area contributed by atoms with Crippen molar-refractivity contribution in [1.82, 2.24) is 4.90 Å². The molecule has 0 N–H and O–H groups in total. The molecule has 1 amide bonds. The Hall–Kier alpha value is -1.60. The van der Waals surface area contributed by atoms with E-state index in [1.165, 1.54) is 0 Å². The van der Waals surface area contributed by atoms with Crippen LogP contribution in [-0.4, -0.2) is 54.8 Å². The number of rotatable bonds is 3. The molecule has 0 aliphatic carbocycles. The van der Waals surface area contributed by atoms with Gasteiger partial charge in [-0.15, -0.1) is 0 Å². The van der Waals surface area contributed by atoms with Gasteiger partial charge in [-0.3, -0.25) is 4.79 Å². The maximum absolute atomic E-state index is 15.4. The Morgan fingerprint density at radius 3 is 2.29 bits per heavy atom. The van der Waals surface area contributed by atoms with Gasteiger partial charge >= 0.3 is 7.12 Å². The number of anilines is 1. The van der Waals surface area contributed by atoms with E-state index in [2.05, 4.69) is 4.90 Å². The molecule has 5 nitrogen and oxygen atoms in total. The van der Waals surface area contributed by atoms with Crippen molar-refractivity contribution in [3.63, 3.8) is 0 Å². The van der Waals surface area contributed by atoms with Crippen molar-refractivity contribution in [3.8, 4) is 0 Å². The molecule has 0 unspecified atom stereocenters. The first kappa shape index (κ1) is 19.7. The van der Waals surface area contributed by atoms with Gasteiger partial charge in [-0.2, -0.15) is 0 Å². The molecule has 1 aromatic rings. The molecule has 1 aromatic carbocycles. The third-order valence-corrected chi connectivity index (χ3v) is 6.87. The zero-order chi connectivity index (χ0) is 20.1. The van der Waals surface area contributed by atoms with E-state index < -0.39 is 18.3 Å². The normalized spacial score (nSPS) is 25.0. The van der Waals surface area contributed by atoms with Gasteiger partial charge in [0.25, 0.3) is 0 Å². The number of hydrogen-bond donors (Lipinski definition) is 0. The lowest BCUT2D eigenvalue weighted by Gasteiger charge is -2.38. The number of halogens is 1. The molecule has 3 saturated heterocycles. The highest BCUT2D eigenvalue weighted by atomic mass is 19.1. The number of carbonyl (C=O) groups is 1. The standard InChI is InChI=1S/C21H30BFN2O3/c1-20(2)21(3,4)28-22(27-20)16-7-5-8-17(19(16)23)24-13-10-15(11-14-24)25-12-6-9-18(25)26/h5,7-8,15H,6,9-14H2,1-4H3. The summed E-state index contributed by atoms with van der Waals surface area (Å²) in [6.07, 6.45) is 3.40. The summed E-state index contributed by atoms with van der Waals surface area (Å²) in [5.41, 5.74) is 0.0490. The SMILES string of the molecule is CC1(C)OB(c2cccc(N3CCC(N4CCCC4=O)CC3)c2F)OC1(C)C. The molecule has 7 heteroatoms. The van der Waals surface area contributed by atoms with Crippen LogP contribution in [0, 0.1) is 5.82 Å². The molecule has 0 bridgehead atoms. The summed E-state index contributed by atoms with van der Waals surface area (Å²) in [6.45, 7) is 10.3. The lowest BCUT2D eigenvalue weighted by molar-refractivity contribution is -0.130. The highest BCUT2D eigenvalue weighted by molar-refractivity contribution is 6.62. The number of amides is 1. The van der Waals surface area contributed by atoms with Crippen LogP contribution in [0.5, 0.6) is 0 Å². The summed E-state index contributed by atoms with van der Waals surface area (Å²) in [7, 11) is -0.704. The van der Waals surface area contributed by atoms with Crippen molar-refractivity contribution in [2.24, 2.45) is 0 Å². The smallest absolute Gasteiger partial charge is 0.399 e. The molecule has 28 heavy (non-hydrogen) atoms. The van der Waals surface area contributed by atoms with Crippen LogP contribution in [-0.2, 0) is 14.1 Å². The number of nitrogens with zero attached hydrogens (tertiary/aromatic N) is 2. The van der Waals surface area contributed by atoms with Gasteiger partial charge in [0.2, 0.25) is 5.91 Å². The van der Waals surface area contributed by atoms with Gasteiger partial charge in [0.05, 0.1) is 16.9 Å². The number of likely N-dealkylation sites (tertiary alicyclic amines) is 1. The van der Waals surface area contributed by atoms with E-state index in [9.17, 15) is 4.79 Å². The second kappa shape index (κ2) is 7.03. The predicted molar refractivity (Wildman–Crippen MR) is 108 cm³/mol. The second-order valence-electron chi connectivity index (χ2n) is 9.18. The Kier molecular flexibility index (Phi) is 4.95. The number of hydrogen-bond acceptors (Lipinski definition) is 4. The summed E-state index contributed by atoms with van der Waals surface area (Å²) in [5.74, 6) is 0.00378. The van der Waals surface area contributed by atoms with Crippen molar-refractivity contribution in [2.45, 2.75) is 70.6 Å². The molecule has 152 valence electrons. The molecule has 0 atom stereocenters. The number of piperidine rings is 1. The molecule has 4 rings (SSSR count). The van der Waals surface area contributed by atoms with Crippen LogP contribution in [0.4, 0.5) is 10.1 Å². The van der Waals surface area contributed by atoms with Gasteiger partial charge < -0.3 is 19.1 Å². The molecular formula is C21H30BFN2O3. The maximum Gasteiger partial charge on any atom is 0.497 e. The highest BCUT2D eigenvalue weighted by Crippen LogP contribution is 2.37. The summed E-state index contributed by atoms with van der Waals surface area (Å²) in [5, 5.41) is 0. The first-order chi connectivity index (χ1) is 13.2. The van der Waals surface area contributed by atoms with Crippen molar-refractivity contribution >= 4 is 24.2 Å². The predicted octanol–water partition coefficient (Wildman–Crippen LogP) is 2.72. The summed E-state index contributed by atoms with van der Waals surface area (Å²) >= 11 is 0. The Bertz CT molecular complexity index is 746. The minimum Gasteiger partial charge on any atom is -0.399 e. The molecule has 0 aromatic heterocycles. The Morgan fingerprint density at radius 2 is 1.71 bits per heavy atom. The molecule has 3 aliphatic heterocycles. The zero-order valence-corrected chi connectivity index (χ0v) is 17.3. The second-order valence-corrected chi connectivity index (χ2v) is 9.18. The number of benzene rings is 1. The molecule has 3 aliphatic rings. The fourth-order valence-electron chi connectivity index (χ4n) is 4.41. The Morgan fingerprint density at radius 1 is 1.07 bits per heavy atom. The van der Waals surface area contributed by atoms with Gasteiger partial charge in [-0.1, -0.05) is 12.1 Å². The molecule has 0 spiro atoms. The van der Waals surface area contributed by atoms with E-state index in [1.54, 1.807) is 6.07 Å². The molecule has 3 fully saturated rings. The van der Waals surface area contributed by atoms with Gasteiger partial charge in [-0.05, 0) is 53.0 Å². The molecular weight excluding hydrogens is 358 g/mol. The van der Waals surface area contributed by atoms with Gasteiger partial charge in [0.1, 0.15) is 5.82 Å². The highest BCUT2D eigenvalue weighted by Gasteiger charge is 2.52. The van der Waals surface area contributed by atoms with Gasteiger partial charge in [0, 0.05) is 37.6 Å². The van der Waals surface area contributed by atoms with Gasteiger partial charge in [0.15, 0.2) is 0 Å². The zero-order valence-electron chi connectivity index (χ0n) is 17.3. The van der Waals surface area contributed by atoms with Crippen LogP contribution in [0.1, 0.15) is 53.4 Å². The first-order valence-corrected chi connectivity index (χ1v) is 10.4. The molecule has 0 radical (unpaired) electrons. The summed E-state index contributed by atoms with van der Waals surface area (Å²) < 4.78 is 27.5. The number of carbonyl (C=O) groups excluding carboxylic acids is 1. The Balaban J connectivity index is 1.48. The van der Waals surface area contributed by atoms with E-state index in [1.807, 2.05) is 44.7 Å². The van der Waals surface area contributed by atoms with E-state index >= 15 is 4.39 Å². The van der Waals surface area contributed by atoms with Crippen LogP contribution in [0.3, 0.4) is 0 Å². The van der Waals surface area contributed by atoms with E-state index in [-0.39, 0.29) is 11.7 Å². The monoisotopic (exact) mass is 388 g/mol. The largest absolute Gasteiger partial charge is 0.497 e. The van der Waals surface area contributed by atoms with Crippen LogP contribution in [0.15, 0.2) is 18.2 Å². The van der Waals surface area contributed by atoms with E-state index in [0.29, 0.717) is 23.6 Å². The fourth-order valence-corrected chi connectivity index (χ4v) is 4.41.